The van der Waals surface area contributed by atoms with E-state index in [1.54, 1.807) is 18.2 Å². The maximum atomic E-state index is 12.0. The van der Waals surface area contributed by atoms with Gasteiger partial charge in [0.05, 0.1) is 26.3 Å². The van der Waals surface area contributed by atoms with Gasteiger partial charge in [-0.1, -0.05) is 19.3 Å². The molecule has 0 aliphatic heterocycles. The summed E-state index contributed by atoms with van der Waals surface area (Å²) < 4.78 is 15.2. The van der Waals surface area contributed by atoms with Crippen molar-refractivity contribution in [1.82, 2.24) is 5.32 Å². The largest absolute Gasteiger partial charge is 0.497 e. The summed E-state index contributed by atoms with van der Waals surface area (Å²) in [4.78, 5) is 35.7. The highest BCUT2D eigenvalue weighted by Gasteiger charge is 2.17. The molecule has 1 aliphatic carbocycles. The maximum absolute atomic E-state index is 12.0. The smallest absolute Gasteiger partial charge is 0.306 e. The highest BCUT2D eigenvalue weighted by molar-refractivity contribution is 5.94. The monoisotopic (exact) mass is 392 g/mol. The molecule has 1 aromatic carbocycles. The summed E-state index contributed by atoms with van der Waals surface area (Å²) in [5.41, 5.74) is 0.412. The molecule has 1 aliphatic rings. The second kappa shape index (κ2) is 11.2. The van der Waals surface area contributed by atoms with Gasteiger partial charge in [0.2, 0.25) is 5.91 Å². The van der Waals surface area contributed by atoms with Crippen LogP contribution in [0.5, 0.6) is 11.5 Å². The summed E-state index contributed by atoms with van der Waals surface area (Å²) in [5, 5.41) is 5.55. The molecule has 1 fully saturated rings. The van der Waals surface area contributed by atoms with Crippen LogP contribution >= 0.6 is 0 Å². The molecule has 28 heavy (non-hydrogen) atoms. The molecule has 1 saturated carbocycles. The van der Waals surface area contributed by atoms with Crippen LogP contribution in [0, 0.1) is 0 Å². The van der Waals surface area contributed by atoms with Crippen molar-refractivity contribution in [2.75, 3.05) is 26.1 Å². The molecule has 0 spiro atoms. The van der Waals surface area contributed by atoms with Gasteiger partial charge >= 0.3 is 5.97 Å². The number of hydrogen-bond donors (Lipinski definition) is 2. The molecule has 2 rings (SSSR count). The van der Waals surface area contributed by atoms with E-state index >= 15 is 0 Å². The molecule has 0 bridgehead atoms. The summed E-state index contributed by atoms with van der Waals surface area (Å²) >= 11 is 0. The minimum atomic E-state index is -0.591. The molecule has 2 amide bonds. The summed E-state index contributed by atoms with van der Waals surface area (Å²) in [6.07, 6.45) is 5.44. The predicted molar refractivity (Wildman–Crippen MR) is 103 cm³/mol. The summed E-state index contributed by atoms with van der Waals surface area (Å²) in [6.45, 7) is -0.441. The van der Waals surface area contributed by atoms with Crippen LogP contribution in [0.3, 0.4) is 0 Å². The normalized spacial score (nSPS) is 14.1. The summed E-state index contributed by atoms with van der Waals surface area (Å²) in [6, 6.07) is 5.17. The van der Waals surface area contributed by atoms with Crippen molar-refractivity contribution >= 4 is 23.5 Å². The lowest BCUT2D eigenvalue weighted by Crippen LogP contribution is -2.36. The number of methoxy groups -OCH3 is 2. The lowest BCUT2D eigenvalue weighted by atomic mass is 9.95. The van der Waals surface area contributed by atoms with Gasteiger partial charge in [0.15, 0.2) is 6.61 Å². The van der Waals surface area contributed by atoms with E-state index in [0.717, 1.165) is 25.7 Å². The van der Waals surface area contributed by atoms with Gasteiger partial charge in [0.25, 0.3) is 5.91 Å². The van der Waals surface area contributed by atoms with E-state index in [4.69, 9.17) is 14.2 Å². The van der Waals surface area contributed by atoms with Crippen LogP contribution in [0.2, 0.25) is 0 Å². The Hall–Kier alpha value is -2.77. The van der Waals surface area contributed by atoms with Gasteiger partial charge in [-0.2, -0.15) is 0 Å². The minimum absolute atomic E-state index is 0.0562. The van der Waals surface area contributed by atoms with Crippen molar-refractivity contribution in [3.8, 4) is 11.5 Å². The quantitative estimate of drug-likeness (QED) is 0.626. The van der Waals surface area contributed by atoms with Gasteiger partial charge < -0.3 is 24.8 Å². The van der Waals surface area contributed by atoms with Crippen molar-refractivity contribution < 1.29 is 28.6 Å². The standard InChI is InChI=1S/C20H28N2O6/c1-26-15-8-9-17(27-2)16(12-15)22-19(24)13-28-20(25)11-10-18(23)21-14-6-4-3-5-7-14/h8-9,12,14H,3-7,10-11,13H2,1-2H3,(H,21,23)(H,22,24). The average Bonchev–Trinajstić information content (AvgIpc) is 2.71. The Morgan fingerprint density at radius 3 is 2.43 bits per heavy atom. The van der Waals surface area contributed by atoms with Gasteiger partial charge in [-0.05, 0) is 25.0 Å². The lowest BCUT2D eigenvalue weighted by molar-refractivity contribution is -0.148. The molecule has 8 nitrogen and oxygen atoms in total. The Balaban J connectivity index is 1.70. The van der Waals surface area contributed by atoms with Crippen LogP contribution in [-0.2, 0) is 19.1 Å². The van der Waals surface area contributed by atoms with Crippen LogP contribution in [0.15, 0.2) is 18.2 Å². The molecule has 0 heterocycles. The van der Waals surface area contributed by atoms with Crippen LogP contribution < -0.4 is 20.1 Å². The average molecular weight is 392 g/mol. The van der Waals surface area contributed by atoms with Crippen molar-refractivity contribution in [3.05, 3.63) is 18.2 Å². The lowest BCUT2D eigenvalue weighted by Gasteiger charge is -2.22. The minimum Gasteiger partial charge on any atom is -0.497 e. The van der Waals surface area contributed by atoms with Gasteiger partial charge in [-0.3, -0.25) is 14.4 Å². The Morgan fingerprint density at radius 1 is 1.00 bits per heavy atom. The zero-order chi connectivity index (χ0) is 20.4. The molecule has 1 aromatic rings. The molecule has 2 N–H and O–H groups in total. The third-order valence-corrected chi connectivity index (χ3v) is 4.57. The SMILES string of the molecule is COc1ccc(OC)c(NC(=O)COC(=O)CCC(=O)NC2CCCCC2)c1. The third kappa shape index (κ3) is 7.09. The van der Waals surface area contributed by atoms with Crippen molar-refractivity contribution in [3.63, 3.8) is 0 Å². The van der Waals surface area contributed by atoms with Crippen molar-refractivity contribution in [1.29, 1.82) is 0 Å². The first kappa shape index (κ1) is 21.5. The number of ether oxygens (including phenoxy) is 3. The number of benzene rings is 1. The number of carbonyl (C=O) groups is 3. The molecular formula is C20H28N2O6. The maximum Gasteiger partial charge on any atom is 0.306 e. The van der Waals surface area contributed by atoms with Crippen LogP contribution in [0.25, 0.3) is 0 Å². The fraction of sp³-hybridized carbons (Fsp3) is 0.550. The van der Waals surface area contributed by atoms with Crippen LogP contribution in [0.4, 0.5) is 5.69 Å². The van der Waals surface area contributed by atoms with Gasteiger partial charge in [-0.15, -0.1) is 0 Å². The Morgan fingerprint density at radius 2 is 1.75 bits per heavy atom. The first-order valence-electron chi connectivity index (χ1n) is 9.48. The van der Waals surface area contributed by atoms with E-state index in [2.05, 4.69) is 10.6 Å². The molecule has 8 heteroatoms. The van der Waals surface area contributed by atoms with E-state index in [-0.39, 0.29) is 24.8 Å². The highest BCUT2D eigenvalue weighted by atomic mass is 16.5. The zero-order valence-electron chi connectivity index (χ0n) is 16.4. The second-order valence-electron chi connectivity index (χ2n) is 6.68. The second-order valence-corrected chi connectivity index (χ2v) is 6.68. The number of hydrogen-bond acceptors (Lipinski definition) is 6. The summed E-state index contributed by atoms with van der Waals surface area (Å²) in [5.74, 6) is -0.246. The summed E-state index contributed by atoms with van der Waals surface area (Å²) in [7, 11) is 3.00. The topological polar surface area (TPSA) is 103 Å². The van der Waals surface area contributed by atoms with Crippen LogP contribution in [0.1, 0.15) is 44.9 Å². The molecule has 0 radical (unpaired) electrons. The van der Waals surface area contributed by atoms with E-state index in [1.807, 2.05) is 0 Å². The fourth-order valence-corrected chi connectivity index (χ4v) is 3.08. The predicted octanol–water partition coefficient (Wildman–Crippen LogP) is 2.41. The number of rotatable bonds is 9. The Bertz CT molecular complexity index is 685. The molecule has 0 atom stereocenters. The van der Waals surface area contributed by atoms with E-state index in [0.29, 0.717) is 17.2 Å². The van der Waals surface area contributed by atoms with E-state index in [9.17, 15) is 14.4 Å². The van der Waals surface area contributed by atoms with Crippen LogP contribution in [-0.4, -0.2) is 44.7 Å². The Labute approximate surface area is 164 Å². The molecular weight excluding hydrogens is 364 g/mol. The molecule has 0 unspecified atom stereocenters. The van der Waals surface area contributed by atoms with Crippen molar-refractivity contribution in [2.45, 2.75) is 51.0 Å². The van der Waals surface area contributed by atoms with E-state index < -0.39 is 18.5 Å². The Kier molecular flexibility index (Phi) is 8.58. The first-order chi connectivity index (χ1) is 13.5. The zero-order valence-corrected chi connectivity index (χ0v) is 16.4. The molecule has 154 valence electrons. The number of nitrogens with one attached hydrogen (secondary N) is 2. The third-order valence-electron chi connectivity index (χ3n) is 4.57. The van der Waals surface area contributed by atoms with Crippen molar-refractivity contribution in [2.24, 2.45) is 0 Å². The fourth-order valence-electron chi connectivity index (χ4n) is 3.08. The number of anilines is 1. The van der Waals surface area contributed by atoms with Gasteiger partial charge in [0.1, 0.15) is 11.5 Å². The van der Waals surface area contributed by atoms with E-state index in [1.165, 1.54) is 20.6 Å². The number of amides is 2. The number of esters is 1. The highest BCUT2D eigenvalue weighted by Crippen LogP contribution is 2.28. The first-order valence-corrected chi connectivity index (χ1v) is 9.48. The molecule has 0 saturated heterocycles. The van der Waals surface area contributed by atoms with Gasteiger partial charge in [0, 0.05) is 18.5 Å². The molecule has 0 aromatic heterocycles. The number of carbonyl (C=O) groups excluding carboxylic acids is 3. The van der Waals surface area contributed by atoms with Gasteiger partial charge in [-0.25, -0.2) is 0 Å².